The molecule has 0 amide bonds. The summed E-state index contributed by atoms with van der Waals surface area (Å²) in [5.74, 6) is 0. The third-order valence-electron chi connectivity index (χ3n) is 6.16. The summed E-state index contributed by atoms with van der Waals surface area (Å²) in [5, 5.41) is 2.83. The van der Waals surface area contributed by atoms with Crippen molar-refractivity contribution < 1.29 is 0 Å². The lowest BCUT2D eigenvalue weighted by molar-refractivity contribution is 0.340. The summed E-state index contributed by atoms with van der Waals surface area (Å²) in [5.41, 5.74) is 1.53. The number of rotatable bonds is 16. The maximum Gasteiger partial charge on any atom is -0.00219 e. The highest BCUT2D eigenvalue weighted by Gasteiger charge is 2.00. The van der Waals surface area contributed by atoms with Gasteiger partial charge in [0.1, 0.15) is 0 Å². The number of hydrogen-bond donors (Lipinski definition) is 0. The van der Waals surface area contributed by atoms with Gasteiger partial charge in [-0.1, -0.05) is 114 Å². The number of unbranched alkanes of at least 4 members (excludes halogenated alkanes) is 11. The molecule has 0 fully saturated rings. The van der Waals surface area contributed by atoms with Crippen LogP contribution in [0.4, 0.5) is 0 Å². The van der Waals surface area contributed by atoms with Crippen molar-refractivity contribution in [2.75, 3.05) is 20.1 Å². The average molecular weight is 382 g/mol. The van der Waals surface area contributed by atoms with Gasteiger partial charge in [0.25, 0.3) is 0 Å². The van der Waals surface area contributed by atoms with E-state index in [1.165, 1.54) is 113 Å². The van der Waals surface area contributed by atoms with Gasteiger partial charge in [-0.25, -0.2) is 0 Å². The van der Waals surface area contributed by atoms with E-state index in [1.807, 2.05) is 0 Å². The summed E-state index contributed by atoms with van der Waals surface area (Å²) in [6.07, 6.45) is 18.3. The molecule has 2 aromatic carbocycles. The molecule has 0 spiro atoms. The summed E-state index contributed by atoms with van der Waals surface area (Å²) in [4.78, 5) is 2.42. The molecule has 0 aliphatic heterocycles. The monoisotopic (exact) mass is 381 g/mol. The molecule has 1 nitrogen and oxygen atoms in total. The molecule has 0 N–H and O–H groups in total. The van der Waals surface area contributed by atoms with E-state index in [9.17, 15) is 0 Å². The van der Waals surface area contributed by atoms with E-state index in [0.717, 1.165) is 0 Å². The third-order valence-corrected chi connectivity index (χ3v) is 6.16. The molecule has 2 aromatic rings. The lowest BCUT2D eigenvalue weighted by Gasteiger charge is -2.12. The molecular formula is C27H43N. The summed E-state index contributed by atoms with van der Waals surface area (Å²) in [6, 6.07) is 15.5. The highest BCUT2D eigenvalue weighted by molar-refractivity contribution is 5.85. The molecule has 28 heavy (non-hydrogen) atoms. The molecule has 0 unspecified atom stereocenters. The molecule has 0 atom stereocenters. The highest BCUT2D eigenvalue weighted by Crippen LogP contribution is 2.21. The lowest BCUT2D eigenvalue weighted by Crippen LogP contribution is -2.18. The van der Waals surface area contributed by atoms with Crippen molar-refractivity contribution in [1.82, 2.24) is 4.90 Å². The van der Waals surface area contributed by atoms with Gasteiger partial charge < -0.3 is 4.90 Å². The molecule has 0 aliphatic carbocycles. The molecule has 0 saturated heterocycles. The molecule has 0 saturated carbocycles. The van der Waals surface area contributed by atoms with Crippen LogP contribution in [0, 0.1) is 0 Å². The largest absolute Gasteiger partial charge is 0.307 e. The Morgan fingerprint density at radius 3 is 1.79 bits per heavy atom. The maximum atomic E-state index is 2.42. The Labute approximate surface area is 174 Å². The smallest absolute Gasteiger partial charge is 0.00219 e. The van der Waals surface area contributed by atoms with Gasteiger partial charge in [0.2, 0.25) is 0 Å². The second kappa shape index (κ2) is 14.6. The summed E-state index contributed by atoms with van der Waals surface area (Å²) in [6.45, 7) is 4.70. The third kappa shape index (κ3) is 9.24. The Kier molecular flexibility index (Phi) is 12.0. The van der Waals surface area contributed by atoms with E-state index in [4.69, 9.17) is 0 Å². The SMILES string of the molecule is CCN(C)CCCCCCCCCCCCCCc1cccc2ccccc12. The van der Waals surface area contributed by atoms with Crippen LogP contribution in [0.2, 0.25) is 0 Å². The molecular weight excluding hydrogens is 338 g/mol. The number of aryl methyl sites for hydroxylation is 1. The minimum Gasteiger partial charge on any atom is -0.307 e. The zero-order valence-electron chi connectivity index (χ0n) is 18.6. The highest BCUT2D eigenvalue weighted by atomic mass is 15.1. The van der Waals surface area contributed by atoms with E-state index >= 15 is 0 Å². The van der Waals surface area contributed by atoms with Crippen molar-refractivity contribution in [1.29, 1.82) is 0 Å². The van der Waals surface area contributed by atoms with Crippen molar-refractivity contribution >= 4 is 10.8 Å². The summed E-state index contributed by atoms with van der Waals surface area (Å²) in [7, 11) is 2.23. The maximum absolute atomic E-state index is 2.42. The molecule has 0 radical (unpaired) electrons. The van der Waals surface area contributed by atoms with Gasteiger partial charge in [-0.15, -0.1) is 0 Å². The van der Waals surface area contributed by atoms with E-state index in [1.54, 1.807) is 0 Å². The number of benzene rings is 2. The first kappa shape index (κ1) is 22.9. The summed E-state index contributed by atoms with van der Waals surface area (Å²) >= 11 is 0. The van der Waals surface area contributed by atoms with Gasteiger partial charge in [0.15, 0.2) is 0 Å². The predicted octanol–water partition coefficient (Wildman–Crippen LogP) is 8.02. The lowest BCUT2D eigenvalue weighted by atomic mass is 9.99. The Balaban J connectivity index is 1.39. The molecule has 156 valence electrons. The minimum absolute atomic E-state index is 1.18. The van der Waals surface area contributed by atoms with Crippen molar-refractivity contribution in [3.63, 3.8) is 0 Å². The first-order chi connectivity index (χ1) is 13.8. The zero-order chi connectivity index (χ0) is 19.9. The fourth-order valence-electron chi connectivity index (χ4n) is 4.13. The first-order valence-electron chi connectivity index (χ1n) is 12.0. The quantitative estimate of drug-likeness (QED) is 0.266. The van der Waals surface area contributed by atoms with Gasteiger partial charge in [-0.2, -0.15) is 0 Å². The fraction of sp³-hybridized carbons (Fsp3) is 0.630. The topological polar surface area (TPSA) is 3.24 Å². The number of hydrogen-bond acceptors (Lipinski definition) is 1. The van der Waals surface area contributed by atoms with Crippen LogP contribution in [-0.4, -0.2) is 25.0 Å². The van der Waals surface area contributed by atoms with Gasteiger partial charge in [-0.3, -0.25) is 0 Å². The van der Waals surface area contributed by atoms with E-state index in [0.29, 0.717) is 0 Å². The van der Waals surface area contributed by atoms with Gasteiger partial charge in [0, 0.05) is 0 Å². The van der Waals surface area contributed by atoms with Gasteiger partial charge in [0.05, 0.1) is 0 Å². The molecule has 2 rings (SSSR count). The molecule has 1 heteroatoms. The van der Waals surface area contributed by atoms with Crippen molar-refractivity contribution in [3.8, 4) is 0 Å². The van der Waals surface area contributed by atoms with Crippen LogP contribution in [0.15, 0.2) is 42.5 Å². The minimum atomic E-state index is 1.18. The van der Waals surface area contributed by atoms with E-state index < -0.39 is 0 Å². The Morgan fingerprint density at radius 2 is 1.14 bits per heavy atom. The predicted molar refractivity (Wildman–Crippen MR) is 126 cm³/mol. The van der Waals surface area contributed by atoms with Crippen molar-refractivity contribution in [2.45, 2.75) is 90.4 Å². The zero-order valence-corrected chi connectivity index (χ0v) is 18.6. The molecule has 0 aromatic heterocycles. The van der Waals surface area contributed by atoms with Crippen molar-refractivity contribution in [2.24, 2.45) is 0 Å². The van der Waals surface area contributed by atoms with Crippen LogP contribution in [0.5, 0.6) is 0 Å². The van der Waals surface area contributed by atoms with E-state index in [-0.39, 0.29) is 0 Å². The van der Waals surface area contributed by atoms with Crippen molar-refractivity contribution in [3.05, 3.63) is 48.0 Å². The fourth-order valence-corrected chi connectivity index (χ4v) is 4.13. The second-order valence-corrected chi connectivity index (χ2v) is 8.53. The van der Waals surface area contributed by atoms with Crippen LogP contribution in [0.1, 0.15) is 89.5 Å². The van der Waals surface area contributed by atoms with Gasteiger partial charge in [-0.05, 0) is 55.7 Å². The second-order valence-electron chi connectivity index (χ2n) is 8.53. The first-order valence-corrected chi connectivity index (χ1v) is 12.0. The number of fused-ring (bicyclic) bond motifs is 1. The molecule has 0 heterocycles. The van der Waals surface area contributed by atoms with Crippen LogP contribution in [-0.2, 0) is 6.42 Å². The van der Waals surface area contributed by atoms with Crippen LogP contribution in [0.3, 0.4) is 0 Å². The molecule has 0 bridgehead atoms. The van der Waals surface area contributed by atoms with Crippen LogP contribution < -0.4 is 0 Å². The summed E-state index contributed by atoms with van der Waals surface area (Å²) < 4.78 is 0. The van der Waals surface area contributed by atoms with Crippen LogP contribution >= 0.6 is 0 Å². The normalized spacial score (nSPS) is 11.5. The Hall–Kier alpha value is -1.34. The van der Waals surface area contributed by atoms with E-state index in [2.05, 4.69) is 61.3 Å². The Bertz CT molecular complexity index is 628. The average Bonchev–Trinajstić information content (AvgIpc) is 2.73. The van der Waals surface area contributed by atoms with Crippen LogP contribution in [0.25, 0.3) is 10.8 Å². The number of nitrogens with zero attached hydrogens (tertiary/aromatic N) is 1. The molecule has 0 aliphatic rings. The Morgan fingerprint density at radius 1 is 0.607 bits per heavy atom. The standard InChI is InChI=1S/C27H43N/c1-3-28(2)24-17-13-11-9-7-5-4-6-8-10-12-14-19-25-21-18-22-26-20-15-16-23-27(25)26/h15-16,18,20-23H,3-14,17,19,24H2,1-2H3. The van der Waals surface area contributed by atoms with Gasteiger partial charge >= 0.3 is 0 Å².